The molecule has 0 spiro atoms. The second-order valence-corrected chi connectivity index (χ2v) is 3.41. The summed E-state index contributed by atoms with van der Waals surface area (Å²) < 4.78 is 0. The Kier molecular flexibility index (Phi) is 2.95. The molecule has 0 aromatic carbocycles. The first-order valence-corrected chi connectivity index (χ1v) is 4.88. The number of aliphatic carboxylic acids is 1. The molecule has 2 N–H and O–H groups in total. The van der Waals surface area contributed by atoms with Gasteiger partial charge in [-0.15, -0.1) is 0 Å². The van der Waals surface area contributed by atoms with Crippen LogP contribution in [0.3, 0.4) is 0 Å². The van der Waals surface area contributed by atoms with Crippen molar-refractivity contribution in [2.75, 3.05) is 0 Å². The van der Waals surface area contributed by atoms with Crippen LogP contribution < -0.4 is 0 Å². The zero-order valence-electron chi connectivity index (χ0n) is 8.50. The van der Waals surface area contributed by atoms with Gasteiger partial charge in [-0.1, -0.05) is 0 Å². The monoisotopic (exact) mass is 217 g/mol. The number of aromatic nitrogens is 3. The number of hydrogen-bond acceptors (Lipinski definition) is 3. The maximum absolute atomic E-state index is 10.8. The summed E-state index contributed by atoms with van der Waals surface area (Å²) in [5.74, 6) is -1.13. The lowest BCUT2D eigenvalue weighted by molar-refractivity contribution is -0.137. The van der Waals surface area contributed by atoms with Gasteiger partial charge < -0.3 is 10.1 Å². The van der Waals surface area contributed by atoms with Crippen molar-refractivity contribution in [2.45, 2.75) is 12.3 Å². The molecule has 0 saturated heterocycles. The average molecular weight is 217 g/mol. The predicted molar refractivity (Wildman–Crippen MR) is 56.9 cm³/mol. The molecule has 0 aliphatic rings. The van der Waals surface area contributed by atoms with Crippen molar-refractivity contribution in [1.29, 1.82) is 0 Å². The first-order valence-electron chi connectivity index (χ1n) is 4.88. The molecule has 0 amide bonds. The molecule has 0 bridgehead atoms. The lowest BCUT2D eigenvalue weighted by Gasteiger charge is -2.11. The van der Waals surface area contributed by atoms with Gasteiger partial charge in [0.15, 0.2) is 0 Å². The third-order valence-electron chi connectivity index (χ3n) is 2.32. The summed E-state index contributed by atoms with van der Waals surface area (Å²) in [4.78, 5) is 21.9. The number of hydrogen-bond donors (Lipinski definition) is 2. The smallest absolute Gasteiger partial charge is 0.304 e. The van der Waals surface area contributed by atoms with Crippen molar-refractivity contribution in [3.63, 3.8) is 0 Å². The second-order valence-electron chi connectivity index (χ2n) is 3.41. The minimum atomic E-state index is -0.856. The van der Waals surface area contributed by atoms with Crippen molar-refractivity contribution in [3.8, 4) is 0 Å². The van der Waals surface area contributed by atoms with E-state index >= 15 is 0 Å². The average Bonchev–Trinajstić information content (AvgIpc) is 2.80. The summed E-state index contributed by atoms with van der Waals surface area (Å²) in [6.45, 7) is 0. The quantitative estimate of drug-likeness (QED) is 0.811. The fourth-order valence-corrected chi connectivity index (χ4v) is 1.60. The third-order valence-corrected chi connectivity index (χ3v) is 2.32. The molecule has 0 fully saturated rings. The highest BCUT2D eigenvalue weighted by molar-refractivity contribution is 5.68. The molecule has 0 aliphatic carbocycles. The van der Waals surface area contributed by atoms with Crippen LogP contribution in [0.1, 0.15) is 23.7 Å². The van der Waals surface area contributed by atoms with E-state index in [2.05, 4.69) is 15.0 Å². The van der Waals surface area contributed by atoms with Gasteiger partial charge in [0.1, 0.15) is 0 Å². The zero-order valence-corrected chi connectivity index (χ0v) is 8.50. The molecule has 2 heterocycles. The maximum atomic E-state index is 10.8. The Morgan fingerprint density at radius 3 is 2.94 bits per heavy atom. The van der Waals surface area contributed by atoms with Crippen LogP contribution in [0, 0.1) is 0 Å². The Bertz CT molecular complexity index is 453. The minimum absolute atomic E-state index is 0.000787. The predicted octanol–water partition coefficient (Wildman–Crippen LogP) is 1.41. The number of H-pyrrole nitrogens is 1. The third kappa shape index (κ3) is 2.25. The summed E-state index contributed by atoms with van der Waals surface area (Å²) >= 11 is 0. The van der Waals surface area contributed by atoms with Crippen molar-refractivity contribution < 1.29 is 9.90 Å². The molecule has 2 aromatic rings. The molecule has 82 valence electrons. The van der Waals surface area contributed by atoms with E-state index in [9.17, 15) is 4.79 Å². The van der Waals surface area contributed by atoms with Crippen molar-refractivity contribution in [3.05, 3.63) is 48.3 Å². The topological polar surface area (TPSA) is 78.9 Å². The van der Waals surface area contributed by atoms with Crippen LogP contribution in [0.5, 0.6) is 0 Å². The number of carbonyl (C=O) groups is 1. The number of rotatable bonds is 4. The molecule has 1 atom stereocenters. The van der Waals surface area contributed by atoms with Crippen LogP contribution in [0.4, 0.5) is 0 Å². The van der Waals surface area contributed by atoms with Crippen LogP contribution in [0.25, 0.3) is 0 Å². The summed E-state index contributed by atoms with van der Waals surface area (Å²) in [6.07, 6.45) is 6.48. The van der Waals surface area contributed by atoms with Crippen LogP contribution in [-0.2, 0) is 4.79 Å². The Morgan fingerprint density at radius 1 is 1.50 bits per heavy atom. The Balaban J connectivity index is 2.32. The van der Waals surface area contributed by atoms with E-state index in [1.807, 2.05) is 12.1 Å². The van der Waals surface area contributed by atoms with Gasteiger partial charge in [0.05, 0.1) is 18.0 Å². The fraction of sp³-hybridized carbons (Fsp3) is 0.182. The fourth-order valence-electron chi connectivity index (χ4n) is 1.60. The van der Waals surface area contributed by atoms with Gasteiger partial charge in [-0.3, -0.25) is 14.8 Å². The van der Waals surface area contributed by atoms with Crippen molar-refractivity contribution >= 4 is 5.97 Å². The van der Waals surface area contributed by atoms with Gasteiger partial charge in [0, 0.05) is 30.5 Å². The number of carboxylic acids is 1. The minimum Gasteiger partial charge on any atom is -0.481 e. The summed E-state index contributed by atoms with van der Waals surface area (Å²) in [7, 11) is 0. The maximum Gasteiger partial charge on any atom is 0.304 e. The second kappa shape index (κ2) is 4.57. The summed E-state index contributed by atoms with van der Waals surface area (Å²) in [5.41, 5.74) is 1.50. The van der Waals surface area contributed by atoms with E-state index in [0.717, 1.165) is 5.69 Å². The highest BCUT2D eigenvalue weighted by Crippen LogP contribution is 2.24. The van der Waals surface area contributed by atoms with E-state index < -0.39 is 5.97 Å². The molecular weight excluding hydrogens is 206 g/mol. The first kappa shape index (κ1) is 10.4. The Hall–Kier alpha value is -2.17. The highest BCUT2D eigenvalue weighted by atomic mass is 16.4. The zero-order chi connectivity index (χ0) is 11.4. The largest absolute Gasteiger partial charge is 0.481 e. The van der Waals surface area contributed by atoms with E-state index in [-0.39, 0.29) is 12.3 Å². The first-order chi connectivity index (χ1) is 7.77. The van der Waals surface area contributed by atoms with Crippen LogP contribution in [0.15, 0.2) is 36.9 Å². The summed E-state index contributed by atoms with van der Waals surface area (Å²) in [6, 6.07) is 3.68. The normalized spacial score (nSPS) is 12.2. The van der Waals surface area contributed by atoms with Crippen molar-refractivity contribution in [1.82, 2.24) is 15.0 Å². The molecule has 0 saturated carbocycles. The van der Waals surface area contributed by atoms with E-state index in [1.54, 1.807) is 24.8 Å². The van der Waals surface area contributed by atoms with Gasteiger partial charge in [0.25, 0.3) is 0 Å². The number of nitrogens with zero attached hydrogens (tertiary/aromatic N) is 2. The molecule has 16 heavy (non-hydrogen) atoms. The van der Waals surface area contributed by atoms with Crippen LogP contribution >= 0.6 is 0 Å². The van der Waals surface area contributed by atoms with Crippen LogP contribution in [0.2, 0.25) is 0 Å². The molecular formula is C11H11N3O2. The lowest BCUT2D eigenvalue weighted by atomic mass is 9.98. The van der Waals surface area contributed by atoms with Crippen molar-refractivity contribution in [2.24, 2.45) is 0 Å². The molecule has 1 unspecified atom stereocenters. The molecule has 0 aliphatic heterocycles. The summed E-state index contributed by atoms with van der Waals surface area (Å²) in [5, 5.41) is 8.88. The standard InChI is InChI=1S/C11H11N3O2/c15-11(16)6-8(9-2-1-3-13-9)10-7-12-4-5-14-10/h1-5,7-8,13H,6H2,(H,15,16). The van der Waals surface area contributed by atoms with E-state index in [1.165, 1.54) is 0 Å². The van der Waals surface area contributed by atoms with Gasteiger partial charge in [-0.05, 0) is 12.1 Å². The van der Waals surface area contributed by atoms with E-state index in [0.29, 0.717) is 5.69 Å². The van der Waals surface area contributed by atoms with Gasteiger partial charge in [-0.25, -0.2) is 0 Å². The van der Waals surface area contributed by atoms with Crippen LogP contribution in [-0.4, -0.2) is 26.0 Å². The highest BCUT2D eigenvalue weighted by Gasteiger charge is 2.19. The molecule has 2 rings (SSSR count). The Morgan fingerprint density at radius 2 is 2.38 bits per heavy atom. The molecule has 5 nitrogen and oxygen atoms in total. The molecule has 0 radical (unpaired) electrons. The molecule has 5 heteroatoms. The van der Waals surface area contributed by atoms with E-state index in [4.69, 9.17) is 5.11 Å². The lowest BCUT2D eigenvalue weighted by Crippen LogP contribution is -2.10. The number of carboxylic acid groups (broad SMARTS) is 1. The van der Waals surface area contributed by atoms with Gasteiger partial charge >= 0.3 is 5.97 Å². The van der Waals surface area contributed by atoms with Gasteiger partial charge in [-0.2, -0.15) is 0 Å². The number of aromatic amines is 1. The number of nitrogens with one attached hydrogen (secondary N) is 1. The van der Waals surface area contributed by atoms with Gasteiger partial charge in [0.2, 0.25) is 0 Å². The Labute approximate surface area is 92.2 Å². The SMILES string of the molecule is O=C(O)CC(c1cnccn1)c1ccc[nH]1. The molecule has 2 aromatic heterocycles.